The molecule has 0 aliphatic rings. The van der Waals surface area contributed by atoms with Crippen LogP contribution in [0.5, 0.6) is 0 Å². The number of hydrogen-bond donors (Lipinski definition) is 2. The molecule has 16 heavy (non-hydrogen) atoms. The monoisotopic (exact) mass is 226 g/mol. The van der Waals surface area contributed by atoms with Gasteiger partial charge in [-0.05, 0) is 32.5 Å². The Morgan fingerprint density at radius 2 is 2.25 bits per heavy atom. The van der Waals surface area contributed by atoms with Crippen molar-refractivity contribution in [2.75, 3.05) is 19.6 Å². The normalized spacial score (nSPS) is 14.4. The van der Waals surface area contributed by atoms with Crippen molar-refractivity contribution in [1.29, 1.82) is 0 Å². The van der Waals surface area contributed by atoms with E-state index in [4.69, 9.17) is 10.2 Å². The Labute approximate surface area is 97.0 Å². The van der Waals surface area contributed by atoms with Gasteiger partial charge in [-0.3, -0.25) is 4.90 Å². The number of aliphatic hydroxyl groups is 1. The molecule has 1 atom stereocenters. The molecule has 0 aromatic carbocycles. The van der Waals surface area contributed by atoms with Crippen LogP contribution >= 0.6 is 0 Å². The largest absolute Gasteiger partial charge is 0.468 e. The third-order valence-corrected chi connectivity index (χ3v) is 2.53. The summed E-state index contributed by atoms with van der Waals surface area (Å²) in [5.41, 5.74) is 5.05. The van der Waals surface area contributed by atoms with E-state index < -0.39 is 5.60 Å². The second-order valence-corrected chi connectivity index (χ2v) is 4.64. The predicted octanol–water partition coefficient (Wildman–Crippen LogP) is 1.37. The van der Waals surface area contributed by atoms with Crippen molar-refractivity contribution in [3.8, 4) is 0 Å². The summed E-state index contributed by atoms with van der Waals surface area (Å²) in [4.78, 5) is 2.12. The molecule has 0 saturated heterocycles. The van der Waals surface area contributed by atoms with Crippen LogP contribution in [0.1, 0.15) is 32.6 Å². The fraction of sp³-hybridized carbons (Fsp3) is 0.667. The van der Waals surface area contributed by atoms with Crippen molar-refractivity contribution < 1.29 is 9.52 Å². The summed E-state index contributed by atoms with van der Waals surface area (Å²) in [6.45, 7) is 7.53. The van der Waals surface area contributed by atoms with E-state index in [1.54, 1.807) is 20.1 Å². The van der Waals surface area contributed by atoms with Gasteiger partial charge in [-0.1, -0.05) is 6.92 Å². The number of rotatable bonds is 6. The minimum atomic E-state index is -0.726. The molecule has 1 aromatic rings. The summed E-state index contributed by atoms with van der Waals surface area (Å²) in [7, 11) is 0. The molecule has 0 saturated carbocycles. The average molecular weight is 226 g/mol. The van der Waals surface area contributed by atoms with Crippen molar-refractivity contribution in [2.45, 2.75) is 32.4 Å². The van der Waals surface area contributed by atoms with Gasteiger partial charge in [0.15, 0.2) is 0 Å². The van der Waals surface area contributed by atoms with Gasteiger partial charge in [0.25, 0.3) is 0 Å². The standard InChI is InChI=1S/C12H22N2O2/c1-4-14(9-12(2,3)15)10(8-13)11-6-5-7-16-11/h5-7,10,15H,4,8-9,13H2,1-3H3. The second kappa shape index (κ2) is 5.48. The second-order valence-electron chi connectivity index (χ2n) is 4.64. The lowest BCUT2D eigenvalue weighted by molar-refractivity contribution is 0.0202. The Hall–Kier alpha value is -0.840. The number of likely N-dealkylation sites (N-methyl/N-ethyl adjacent to an activating group) is 1. The molecule has 0 spiro atoms. The SMILES string of the molecule is CCN(CC(C)(C)O)C(CN)c1ccco1. The number of nitrogens with zero attached hydrogens (tertiary/aromatic N) is 1. The number of furan rings is 1. The van der Waals surface area contributed by atoms with Gasteiger partial charge in [-0.2, -0.15) is 0 Å². The van der Waals surface area contributed by atoms with Crippen LogP contribution in [-0.2, 0) is 0 Å². The molecule has 0 fully saturated rings. The first-order chi connectivity index (χ1) is 7.48. The van der Waals surface area contributed by atoms with Gasteiger partial charge < -0.3 is 15.3 Å². The van der Waals surface area contributed by atoms with Gasteiger partial charge in [-0.25, -0.2) is 0 Å². The summed E-state index contributed by atoms with van der Waals surface area (Å²) in [6.07, 6.45) is 1.65. The van der Waals surface area contributed by atoms with Gasteiger partial charge in [-0.15, -0.1) is 0 Å². The molecule has 3 N–H and O–H groups in total. The first-order valence-electron chi connectivity index (χ1n) is 5.68. The van der Waals surface area contributed by atoms with Gasteiger partial charge >= 0.3 is 0 Å². The van der Waals surface area contributed by atoms with Crippen LogP contribution in [0.3, 0.4) is 0 Å². The molecular weight excluding hydrogens is 204 g/mol. The van der Waals surface area contributed by atoms with Crippen LogP contribution in [0.2, 0.25) is 0 Å². The predicted molar refractivity (Wildman–Crippen MR) is 64.0 cm³/mol. The molecular formula is C12H22N2O2. The highest BCUT2D eigenvalue weighted by molar-refractivity contribution is 5.05. The van der Waals surface area contributed by atoms with Gasteiger partial charge in [0.05, 0.1) is 17.9 Å². The van der Waals surface area contributed by atoms with Crippen LogP contribution in [0, 0.1) is 0 Å². The molecule has 1 unspecified atom stereocenters. The fourth-order valence-corrected chi connectivity index (χ4v) is 1.87. The Balaban J connectivity index is 2.77. The van der Waals surface area contributed by atoms with E-state index in [0.717, 1.165) is 12.3 Å². The van der Waals surface area contributed by atoms with E-state index in [9.17, 15) is 5.11 Å². The van der Waals surface area contributed by atoms with Crippen LogP contribution < -0.4 is 5.73 Å². The molecule has 0 aliphatic carbocycles. The fourth-order valence-electron chi connectivity index (χ4n) is 1.87. The van der Waals surface area contributed by atoms with E-state index in [0.29, 0.717) is 13.1 Å². The molecule has 1 rings (SSSR count). The lowest BCUT2D eigenvalue weighted by atomic mass is 10.1. The highest BCUT2D eigenvalue weighted by Gasteiger charge is 2.25. The molecule has 0 bridgehead atoms. The first-order valence-corrected chi connectivity index (χ1v) is 5.68. The van der Waals surface area contributed by atoms with E-state index in [1.165, 1.54) is 0 Å². The molecule has 4 nitrogen and oxygen atoms in total. The van der Waals surface area contributed by atoms with E-state index in [2.05, 4.69) is 11.8 Å². The molecule has 4 heteroatoms. The topological polar surface area (TPSA) is 62.6 Å². The Morgan fingerprint density at radius 1 is 1.56 bits per heavy atom. The van der Waals surface area contributed by atoms with E-state index >= 15 is 0 Å². The molecule has 92 valence electrons. The van der Waals surface area contributed by atoms with E-state index in [1.807, 2.05) is 12.1 Å². The van der Waals surface area contributed by atoms with Gasteiger partial charge in [0.1, 0.15) is 5.76 Å². The number of nitrogens with two attached hydrogens (primary N) is 1. The average Bonchev–Trinajstić information content (AvgIpc) is 2.68. The Bertz CT molecular complexity index is 290. The quantitative estimate of drug-likeness (QED) is 0.769. The Kier molecular flexibility index (Phi) is 4.53. The highest BCUT2D eigenvalue weighted by Crippen LogP contribution is 2.21. The van der Waals surface area contributed by atoms with Crippen LogP contribution in [0.4, 0.5) is 0 Å². The van der Waals surface area contributed by atoms with Crippen molar-refractivity contribution >= 4 is 0 Å². The Morgan fingerprint density at radius 3 is 2.62 bits per heavy atom. The summed E-state index contributed by atoms with van der Waals surface area (Å²) in [5.74, 6) is 0.855. The van der Waals surface area contributed by atoms with Crippen molar-refractivity contribution in [3.63, 3.8) is 0 Å². The zero-order valence-corrected chi connectivity index (χ0v) is 10.3. The van der Waals surface area contributed by atoms with Crippen molar-refractivity contribution in [3.05, 3.63) is 24.2 Å². The minimum absolute atomic E-state index is 0.0337. The van der Waals surface area contributed by atoms with Crippen molar-refractivity contribution in [2.24, 2.45) is 5.73 Å². The molecule has 1 aromatic heterocycles. The van der Waals surface area contributed by atoms with E-state index in [-0.39, 0.29) is 6.04 Å². The zero-order valence-electron chi connectivity index (χ0n) is 10.3. The number of hydrogen-bond acceptors (Lipinski definition) is 4. The van der Waals surface area contributed by atoms with Crippen LogP contribution in [0.25, 0.3) is 0 Å². The van der Waals surface area contributed by atoms with Gasteiger partial charge in [0.2, 0.25) is 0 Å². The lowest BCUT2D eigenvalue weighted by Crippen LogP contribution is -2.42. The molecule has 0 aliphatic heterocycles. The summed E-state index contributed by atoms with van der Waals surface area (Å²) < 4.78 is 5.38. The van der Waals surface area contributed by atoms with Gasteiger partial charge in [0, 0.05) is 13.1 Å². The molecule has 0 amide bonds. The summed E-state index contributed by atoms with van der Waals surface area (Å²) in [5, 5.41) is 9.85. The minimum Gasteiger partial charge on any atom is -0.468 e. The zero-order chi connectivity index (χ0) is 12.2. The maximum Gasteiger partial charge on any atom is 0.122 e. The highest BCUT2D eigenvalue weighted by atomic mass is 16.3. The summed E-state index contributed by atoms with van der Waals surface area (Å²) in [6, 6.07) is 3.81. The van der Waals surface area contributed by atoms with Crippen LogP contribution in [0.15, 0.2) is 22.8 Å². The third kappa shape index (κ3) is 3.63. The maximum atomic E-state index is 9.85. The molecule has 1 heterocycles. The molecule has 0 radical (unpaired) electrons. The first kappa shape index (κ1) is 13.2. The summed E-state index contributed by atoms with van der Waals surface area (Å²) >= 11 is 0. The smallest absolute Gasteiger partial charge is 0.122 e. The third-order valence-electron chi connectivity index (χ3n) is 2.53. The lowest BCUT2D eigenvalue weighted by Gasteiger charge is -2.33. The maximum absolute atomic E-state index is 9.85. The van der Waals surface area contributed by atoms with Crippen LogP contribution in [-0.4, -0.2) is 35.2 Å². The van der Waals surface area contributed by atoms with Crippen molar-refractivity contribution in [1.82, 2.24) is 4.90 Å².